The fourth-order valence-electron chi connectivity index (χ4n) is 2.66. The van der Waals surface area contributed by atoms with E-state index >= 15 is 0 Å². The Balaban J connectivity index is 2.35. The minimum Gasteiger partial charge on any atom is -0.495 e. The summed E-state index contributed by atoms with van der Waals surface area (Å²) in [5.41, 5.74) is 1.02. The first kappa shape index (κ1) is 21.9. The standard InChI is InChI=1S/C20H26N2O5S/c1-4-17(14-23)21-20(24)16-10-11-18(27-3)19(12-16)28(25,26)22(2)13-15-8-6-5-7-9-15/h5-12,17,23H,4,13-14H2,1-3H3,(H,21,24). The summed E-state index contributed by atoms with van der Waals surface area (Å²) >= 11 is 0. The highest BCUT2D eigenvalue weighted by Gasteiger charge is 2.26. The topological polar surface area (TPSA) is 95.9 Å². The number of ether oxygens (including phenoxy) is 1. The van der Waals surface area contributed by atoms with Crippen LogP contribution in [0.5, 0.6) is 5.75 Å². The largest absolute Gasteiger partial charge is 0.495 e. The number of hydrogen-bond acceptors (Lipinski definition) is 5. The summed E-state index contributed by atoms with van der Waals surface area (Å²) in [4.78, 5) is 12.4. The second-order valence-electron chi connectivity index (χ2n) is 6.37. The Labute approximate surface area is 166 Å². The number of aliphatic hydroxyl groups is 1. The van der Waals surface area contributed by atoms with Gasteiger partial charge in [0, 0.05) is 19.2 Å². The third-order valence-corrected chi connectivity index (χ3v) is 6.24. The van der Waals surface area contributed by atoms with E-state index in [0.29, 0.717) is 6.42 Å². The van der Waals surface area contributed by atoms with Crippen molar-refractivity contribution in [1.29, 1.82) is 0 Å². The van der Waals surface area contributed by atoms with Gasteiger partial charge in [0.25, 0.3) is 5.91 Å². The lowest BCUT2D eigenvalue weighted by Gasteiger charge is -2.20. The average Bonchev–Trinajstić information content (AvgIpc) is 2.71. The zero-order chi connectivity index (χ0) is 20.7. The Morgan fingerprint density at radius 1 is 1.21 bits per heavy atom. The SMILES string of the molecule is CCC(CO)NC(=O)c1ccc(OC)c(S(=O)(=O)N(C)Cc2ccccc2)c1. The molecule has 28 heavy (non-hydrogen) atoms. The number of carbonyl (C=O) groups is 1. The van der Waals surface area contributed by atoms with Gasteiger partial charge in [-0.1, -0.05) is 37.3 Å². The third kappa shape index (κ3) is 5.09. The summed E-state index contributed by atoms with van der Waals surface area (Å²) in [6.45, 7) is 1.83. The van der Waals surface area contributed by atoms with Crippen LogP contribution in [0, 0.1) is 0 Å². The number of carbonyl (C=O) groups excluding carboxylic acids is 1. The van der Waals surface area contributed by atoms with E-state index in [0.717, 1.165) is 5.56 Å². The lowest BCUT2D eigenvalue weighted by atomic mass is 10.1. The Bertz CT molecular complexity index is 896. The maximum absolute atomic E-state index is 13.1. The normalized spacial score (nSPS) is 12.6. The lowest BCUT2D eigenvalue weighted by molar-refractivity contribution is 0.0914. The fourth-order valence-corrected chi connectivity index (χ4v) is 3.99. The number of amides is 1. The van der Waals surface area contributed by atoms with Gasteiger partial charge in [0.1, 0.15) is 10.6 Å². The molecule has 0 heterocycles. The van der Waals surface area contributed by atoms with Gasteiger partial charge >= 0.3 is 0 Å². The highest BCUT2D eigenvalue weighted by atomic mass is 32.2. The van der Waals surface area contributed by atoms with Crippen molar-refractivity contribution in [1.82, 2.24) is 9.62 Å². The molecular weight excluding hydrogens is 380 g/mol. The second-order valence-corrected chi connectivity index (χ2v) is 8.39. The molecule has 2 N–H and O–H groups in total. The first-order valence-electron chi connectivity index (χ1n) is 8.93. The third-order valence-electron chi connectivity index (χ3n) is 4.41. The monoisotopic (exact) mass is 406 g/mol. The van der Waals surface area contributed by atoms with E-state index in [1.54, 1.807) is 0 Å². The maximum atomic E-state index is 13.1. The first-order chi connectivity index (χ1) is 13.3. The van der Waals surface area contributed by atoms with Gasteiger partial charge in [0.15, 0.2) is 0 Å². The molecule has 0 aromatic heterocycles. The Morgan fingerprint density at radius 3 is 2.46 bits per heavy atom. The second kappa shape index (κ2) is 9.68. The van der Waals surface area contributed by atoms with Crippen LogP contribution in [0.1, 0.15) is 29.3 Å². The molecule has 2 aromatic carbocycles. The van der Waals surface area contributed by atoms with E-state index in [1.807, 2.05) is 37.3 Å². The van der Waals surface area contributed by atoms with Crippen LogP contribution in [0.15, 0.2) is 53.4 Å². The number of nitrogens with one attached hydrogen (secondary N) is 1. The zero-order valence-electron chi connectivity index (χ0n) is 16.3. The van der Waals surface area contributed by atoms with Crippen molar-refractivity contribution in [3.05, 3.63) is 59.7 Å². The molecule has 2 aromatic rings. The van der Waals surface area contributed by atoms with Crippen molar-refractivity contribution < 1.29 is 23.1 Å². The molecule has 0 bridgehead atoms. The number of sulfonamides is 1. The van der Waals surface area contributed by atoms with E-state index < -0.39 is 22.0 Å². The molecule has 152 valence electrons. The molecule has 2 rings (SSSR count). The van der Waals surface area contributed by atoms with Crippen LogP contribution in [-0.4, -0.2) is 50.5 Å². The quantitative estimate of drug-likeness (QED) is 0.664. The van der Waals surface area contributed by atoms with Crippen LogP contribution >= 0.6 is 0 Å². The maximum Gasteiger partial charge on any atom is 0.251 e. The molecule has 0 aliphatic carbocycles. The van der Waals surface area contributed by atoms with Gasteiger partial charge in [-0.2, -0.15) is 4.31 Å². The van der Waals surface area contributed by atoms with E-state index in [4.69, 9.17) is 4.74 Å². The molecule has 0 aliphatic heterocycles. The predicted molar refractivity (Wildman–Crippen MR) is 107 cm³/mol. The van der Waals surface area contributed by atoms with Crippen molar-refractivity contribution in [3.63, 3.8) is 0 Å². The van der Waals surface area contributed by atoms with Gasteiger partial charge in [-0.05, 0) is 30.2 Å². The van der Waals surface area contributed by atoms with Crippen molar-refractivity contribution in [2.24, 2.45) is 0 Å². The minimum atomic E-state index is -3.90. The van der Waals surface area contributed by atoms with Crippen LogP contribution in [0.25, 0.3) is 0 Å². The molecule has 0 radical (unpaired) electrons. The Hall–Kier alpha value is -2.42. The Kier molecular flexibility index (Phi) is 7.56. The number of rotatable bonds is 9. The van der Waals surface area contributed by atoms with Crippen LogP contribution < -0.4 is 10.1 Å². The summed E-state index contributed by atoms with van der Waals surface area (Å²) < 4.78 is 32.6. The van der Waals surface area contributed by atoms with Crippen molar-refractivity contribution in [3.8, 4) is 5.75 Å². The highest BCUT2D eigenvalue weighted by Crippen LogP contribution is 2.28. The van der Waals surface area contributed by atoms with Crippen LogP contribution in [0.2, 0.25) is 0 Å². The van der Waals surface area contributed by atoms with Gasteiger partial charge in [0.2, 0.25) is 10.0 Å². The van der Waals surface area contributed by atoms with Gasteiger partial charge in [-0.25, -0.2) is 8.42 Å². The van der Waals surface area contributed by atoms with E-state index in [2.05, 4.69) is 5.32 Å². The molecule has 8 heteroatoms. The van der Waals surface area contributed by atoms with E-state index in [-0.39, 0.29) is 29.4 Å². The molecule has 1 unspecified atom stereocenters. The molecule has 1 amide bonds. The van der Waals surface area contributed by atoms with Crippen LogP contribution in [0.4, 0.5) is 0 Å². The lowest BCUT2D eigenvalue weighted by Crippen LogP contribution is -2.37. The molecule has 0 saturated heterocycles. The molecule has 1 atom stereocenters. The highest BCUT2D eigenvalue weighted by molar-refractivity contribution is 7.89. The summed E-state index contributed by atoms with van der Waals surface area (Å²) in [6, 6.07) is 13.1. The Morgan fingerprint density at radius 2 is 1.89 bits per heavy atom. The minimum absolute atomic E-state index is 0.0851. The van der Waals surface area contributed by atoms with Gasteiger partial charge in [-0.3, -0.25) is 4.79 Å². The molecule has 0 aliphatic rings. The van der Waals surface area contributed by atoms with Crippen molar-refractivity contribution >= 4 is 15.9 Å². The summed E-state index contributed by atoms with van der Waals surface area (Å²) in [6.07, 6.45) is 0.559. The van der Waals surface area contributed by atoms with E-state index in [9.17, 15) is 18.3 Å². The molecule has 0 saturated carbocycles. The van der Waals surface area contributed by atoms with Gasteiger partial charge in [-0.15, -0.1) is 0 Å². The number of methoxy groups -OCH3 is 1. The van der Waals surface area contributed by atoms with Gasteiger partial charge < -0.3 is 15.2 Å². The molecule has 7 nitrogen and oxygen atoms in total. The number of nitrogens with zero attached hydrogens (tertiary/aromatic N) is 1. The number of benzene rings is 2. The predicted octanol–water partition coefficient (Wildman–Crippen LogP) is 2.02. The summed E-state index contributed by atoms with van der Waals surface area (Å²) in [5.74, 6) is -0.295. The fraction of sp³-hybridized carbons (Fsp3) is 0.350. The summed E-state index contributed by atoms with van der Waals surface area (Å²) in [5, 5.41) is 11.9. The van der Waals surface area contributed by atoms with Crippen molar-refractivity contribution in [2.75, 3.05) is 20.8 Å². The first-order valence-corrected chi connectivity index (χ1v) is 10.4. The van der Waals surface area contributed by atoms with Gasteiger partial charge in [0.05, 0.1) is 19.8 Å². The number of hydrogen-bond donors (Lipinski definition) is 2. The zero-order valence-corrected chi connectivity index (χ0v) is 17.1. The summed E-state index contributed by atoms with van der Waals surface area (Å²) in [7, 11) is -1.04. The van der Waals surface area contributed by atoms with E-state index in [1.165, 1.54) is 36.7 Å². The van der Waals surface area contributed by atoms with Crippen molar-refractivity contribution in [2.45, 2.75) is 30.8 Å². The van der Waals surface area contributed by atoms with Crippen LogP contribution in [0.3, 0.4) is 0 Å². The molecule has 0 spiro atoms. The molecular formula is C20H26N2O5S. The van der Waals surface area contributed by atoms with Crippen LogP contribution in [-0.2, 0) is 16.6 Å². The average molecular weight is 407 g/mol. The molecule has 0 fully saturated rings. The smallest absolute Gasteiger partial charge is 0.251 e. The number of aliphatic hydroxyl groups excluding tert-OH is 1.